The van der Waals surface area contributed by atoms with Gasteiger partial charge in [0.05, 0.1) is 12.7 Å². The fourth-order valence-electron chi connectivity index (χ4n) is 3.09. The number of hydrogen-bond donors (Lipinski definition) is 1. The molecule has 0 heterocycles. The number of rotatable bonds is 7. The molecule has 142 valence electrons. The lowest BCUT2D eigenvalue weighted by atomic mass is 9.93. The molecular formula is C23H21NO4. The first kappa shape index (κ1) is 19.2. The van der Waals surface area contributed by atoms with Crippen LogP contribution in [-0.4, -0.2) is 18.8 Å². The Morgan fingerprint density at radius 3 is 2.18 bits per heavy atom. The summed E-state index contributed by atoms with van der Waals surface area (Å²) in [6, 6.07) is 19.7. The van der Waals surface area contributed by atoms with Crippen LogP contribution in [0.15, 0.2) is 66.7 Å². The summed E-state index contributed by atoms with van der Waals surface area (Å²) in [6.07, 6.45) is 0.349. The first-order chi connectivity index (χ1) is 13.5. The average molecular weight is 375 g/mol. The first-order valence-corrected chi connectivity index (χ1v) is 8.82. The van der Waals surface area contributed by atoms with Crippen molar-refractivity contribution in [3.8, 4) is 17.2 Å². The normalized spacial score (nSPS) is 10.4. The SMILES string of the molecule is COc1ccccc1Cc1c(C(C)=O)ccc(C(N)=O)c1Oc1ccccc1. The van der Waals surface area contributed by atoms with E-state index in [-0.39, 0.29) is 17.1 Å². The topological polar surface area (TPSA) is 78.6 Å². The molecule has 0 saturated heterocycles. The number of Topliss-reactive ketones (excluding diaryl/α,β-unsaturated/α-hetero) is 1. The fraction of sp³-hybridized carbons (Fsp3) is 0.130. The van der Waals surface area contributed by atoms with E-state index < -0.39 is 5.91 Å². The predicted octanol–water partition coefficient (Wildman–Crippen LogP) is 4.38. The van der Waals surface area contributed by atoms with E-state index in [0.29, 0.717) is 29.0 Å². The lowest BCUT2D eigenvalue weighted by Gasteiger charge is -2.18. The Labute approximate surface area is 163 Å². The zero-order chi connectivity index (χ0) is 20.1. The Morgan fingerprint density at radius 2 is 1.54 bits per heavy atom. The van der Waals surface area contributed by atoms with Crippen LogP contribution >= 0.6 is 0 Å². The minimum Gasteiger partial charge on any atom is -0.496 e. The Bertz CT molecular complexity index is 1010. The molecule has 0 spiro atoms. The molecule has 0 unspecified atom stereocenters. The molecule has 0 saturated carbocycles. The summed E-state index contributed by atoms with van der Waals surface area (Å²) in [5.41, 5.74) is 7.74. The number of ketones is 1. The van der Waals surface area contributed by atoms with Crippen LogP contribution in [0, 0.1) is 0 Å². The molecule has 0 aromatic heterocycles. The second kappa shape index (κ2) is 8.39. The highest BCUT2D eigenvalue weighted by molar-refractivity contribution is 6.01. The van der Waals surface area contributed by atoms with Crippen LogP contribution < -0.4 is 15.2 Å². The standard InChI is InChI=1S/C23H21NO4/c1-15(25)18-12-13-19(23(24)26)22(28-17-9-4-3-5-10-17)20(18)14-16-8-6-7-11-21(16)27-2/h3-13H,14H2,1-2H3,(H2,24,26). The zero-order valence-corrected chi connectivity index (χ0v) is 15.8. The maximum absolute atomic E-state index is 12.3. The van der Waals surface area contributed by atoms with Crippen molar-refractivity contribution in [3.05, 3.63) is 89.0 Å². The third kappa shape index (κ3) is 4.04. The van der Waals surface area contributed by atoms with E-state index in [1.165, 1.54) is 13.0 Å². The Morgan fingerprint density at radius 1 is 0.893 bits per heavy atom. The van der Waals surface area contributed by atoms with Gasteiger partial charge in [0.1, 0.15) is 17.2 Å². The van der Waals surface area contributed by atoms with Gasteiger partial charge in [-0.15, -0.1) is 0 Å². The van der Waals surface area contributed by atoms with Crippen LogP contribution in [0.2, 0.25) is 0 Å². The number of ether oxygens (including phenoxy) is 2. The highest BCUT2D eigenvalue weighted by Crippen LogP contribution is 2.35. The molecule has 3 aromatic rings. The molecule has 0 bridgehead atoms. The van der Waals surface area contributed by atoms with Crippen molar-refractivity contribution in [2.45, 2.75) is 13.3 Å². The minimum absolute atomic E-state index is 0.126. The van der Waals surface area contributed by atoms with E-state index in [1.807, 2.05) is 42.5 Å². The molecule has 3 aromatic carbocycles. The fourth-order valence-corrected chi connectivity index (χ4v) is 3.09. The van der Waals surface area contributed by atoms with Gasteiger partial charge in [0.25, 0.3) is 5.91 Å². The first-order valence-electron chi connectivity index (χ1n) is 8.82. The van der Waals surface area contributed by atoms with Crippen LogP contribution in [0.5, 0.6) is 17.2 Å². The second-order valence-corrected chi connectivity index (χ2v) is 6.29. The zero-order valence-electron chi connectivity index (χ0n) is 15.8. The molecule has 1 amide bonds. The van der Waals surface area contributed by atoms with E-state index in [1.54, 1.807) is 25.3 Å². The van der Waals surface area contributed by atoms with Crippen molar-refractivity contribution in [1.29, 1.82) is 0 Å². The van der Waals surface area contributed by atoms with Crippen LogP contribution in [0.25, 0.3) is 0 Å². The second-order valence-electron chi connectivity index (χ2n) is 6.29. The van der Waals surface area contributed by atoms with Crippen LogP contribution in [0.1, 0.15) is 38.8 Å². The molecular weight excluding hydrogens is 354 g/mol. The Hall–Kier alpha value is -3.60. The van der Waals surface area contributed by atoms with Crippen molar-refractivity contribution in [1.82, 2.24) is 0 Å². The predicted molar refractivity (Wildman–Crippen MR) is 107 cm³/mol. The number of carbonyl (C=O) groups is 2. The number of amides is 1. The molecule has 5 heteroatoms. The Balaban J connectivity index is 2.20. The highest BCUT2D eigenvalue weighted by atomic mass is 16.5. The van der Waals surface area contributed by atoms with Crippen LogP contribution in [-0.2, 0) is 6.42 Å². The third-order valence-electron chi connectivity index (χ3n) is 4.43. The molecule has 3 rings (SSSR count). The summed E-state index contributed by atoms with van der Waals surface area (Å²) in [5.74, 6) is 0.776. The van der Waals surface area contributed by atoms with Crippen molar-refractivity contribution in [2.24, 2.45) is 5.73 Å². The number of benzene rings is 3. The molecule has 0 aliphatic carbocycles. The number of primary amides is 1. The largest absolute Gasteiger partial charge is 0.496 e. The van der Waals surface area contributed by atoms with Gasteiger partial charge in [0.15, 0.2) is 5.78 Å². The quantitative estimate of drug-likeness (QED) is 0.622. The minimum atomic E-state index is -0.623. The third-order valence-corrected chi connectivity index (χ3v) is 4.43. The smallest absolute Gasteiger partial charge is 0.252 e. The van der Waals surface area contributed by atoms with Gasteiger partial charge >= 0.3 is 0 Å². The van der Waals surface area contributed by atoms with E-state index in [0.717, 1.165) is 5.56 Å². The van der Waals surface area contributed by atoms with Crippen LogP contribution in [0.3, 0.4) is 0 Å². The van der Waals surface area contributed by atoms with Gasteiger partial charge in [-0.2, -0.15) is 0 Å². The molecule has 0 aliphatic rings. The van der Waals surface area contributed by atoms with E-state index in [9.17, 15) is 9.59 Å². The van der Waals surface area contributed by atoms with Gasteiger partial charge in [-0.1, -0.05) is 42.5 Å². The summed E-state index contributed by atoms with van der Waals surface area (Å²) >= 11 is 0. The molecule has 0 aliphatic heterocycles. The molecule has 0 fully saturated rings. The van der Waals surface area contributed by atoms with E-state index >= 15 is 0 Å². The van der Waals surface area contributed by atoms with Gasteiger partial charge in [0.2, 0.25) is 0 Å². The molecule has 2 N–H and O–H groups in total. The summed E-state index contributed by atoms with van der Waals surface area (Å²) in [4.78, 5) is 24.3. The Kier molecular flexibility index (Phi) is 5.75. The molecule has 28 heavy (non-hydrogen) atoms. The van der Waals surface area contributed by atoms with Gasteiger partial charge in [-0.05, 0) is 36.8 Å². The summed E-state index contributed by atoms with van der Waals surface area (Å²) < 4.78 is 11.5. The number of methoxy groups -OCH3 is 1. The van der Waals surface area contributed by atoms with E-state index in [4.69, 9.17) is 15.2 Å². The summed E-state index contributed by atoms with van der Waals surface area (Å²) in [5, 5.41) is 0. The van der Waals surface area contributed by atoms with E-state index in [2.05, 4.69) is 0 Å². The molecule has 0 atom stereocenters. The van der Waals surface area contributed by atoms with Crippen molar-refractivity contribution >= 4 is 11.7 Å². The van der Waals surface area contributed by atoms with Crippen molar-refractivity contribution in [2.75, 3.05) is 7.11 Å². The highest BCUT2D eigenvalue weighted by Gasteiger charge is 2.22. The maximum atomic E-state index is 12.3. The van der Waals surface area contributed by atoms with Gasteiger partial charge < -0.3 is 15.2 Å². The number of nitrogens with two attached hydrogens (primary N) is 1. The van der Waals surface area contributed by atoms with Crippen molar-refractivity contribution < 1.29 is 19.1 Å². The maximum Gasteiger partial charge on any atom is 0.252 e. The summed E-state index contributed by atoms with van der Waals surface area (Å²) in [6.45, 7) is 1.48. The lowest BCUT2D eigenvalue weighted by molar-refractivity contribution is 0.0990. The molecule has 0 radical (unpaired) electrons. The van der Waals surface area contributed by atoms with Gasteiger partial charge in [-0.3, -0.25) is 9.59 Å². The van der Waals surface area contributed by atoms with Crippen molar-refractivity contribution in [3.63, 3.8) is 0 Å². The lowest BCUT2D eigenvalue weighted by Crippen LogP contribution is -2.15. The molecule has 5 nitrogen and oxygen atoms in total. The van der Waals surface area contributed by atoms with Crippen LogP contribution in [0.4, 0.5) is 0 Å². The number of carbonyl (C=O) groups excluding carboxylic acids is 2. The number of para-hydroxylation sites is 2. The summed E-state index contributed by atoms with van der Waals surface area (Å²) in [7, 11) is 1.59. The monoisotopic (exact) mass is 375 g/mol. The number of hydrogen-bond acceptors (Lipinski definition) is 4. The van der Waals surface area contributed by atoms with Gasteiger partial charge in [0, 0.05) is 17.5 Å². The van der Waals surface area contributed by atoms with Gasteiger partial charge in [-0.25, -0.2) is 0 Å². The average Bonchev–Trinajstić information content (AvgIpc) is 2.69.